The smallest absolute Gasteiger partial charge is 0.330 e. The first kappa shape index (κ1) is 17.8. The minimum atomic E-state index is -0.947. The number of nitrogens with zero attached hydrogens (tertiary/aromatic N) is 1. The minimum Gasteiger partial charge on any atom is -0.466 e. The van der Waals surface area contributed by atoms with E-state index in [4.69, 9.17) is 0 Å². The van der Waals surface area contributed by atoms with Crippen LogP contribution in [-0.4, -0.2) is 29.9 Å². The van der Waals surface area contributed by atoms with Crippen molar-refractivity contribution in [3.05, 3.63) is 60.2 Å². The molecular weight excluding hydrogens is 316 g/mol. The molecule has 1 aliphatic rings. The zero-order valence-electron chi connectivity index (χ0n) is 13.4. The summed E-state index contributed by atoms with van der Waals surface area (Å²) in [6.45, 7) is 3.56. The van der Waals surface area contributed by atoms with Gasteiger partial charge in [-0.25, -0.2) is 13.6 Å². The molecule has 1 heterocycles. The van der Waals surface area contributed by atoms with Crippen LogP contribution in [0.2, 0.25) is 0 Å². The van der Waals surface area contributed by atoms with Gasteiger partial charge in [0.15, 0.2) is 11.6 Å². The second-order valence-corrected chi connectivity index (χ2v) is 5.51. The Morgan fingerprint density at radius 1 is 1.33 bits per heavy atom. The molecule has 24 heavy (non-hydrogen) atoms. The maximum absolute atomic E-state index is 13.5. The van der Waals surface area contributed by atoms with E-state index in [0.29, 0.717) is 18.4 Å². The largest absolute Gasteiger partial charge is 0.466 e. The third-order valence-electron chi connectivity index (χ3n) is 4.02. The lowest BCUT2D eigenvalue weighted by Crippen LogP contribution is -2.36. The molecule has 128 valence electrons. The number of benzene rings is 1. The molecule has 1 aliphatic heterocycles. The summed E-state index contributed by atoms with van der Waals surface area (Å²) < 4.78 is 31.2. The molecule has 2 rings (SSSR count). The maximum Gasteiger partial charge on any atom is 0.330 e. The van der Waals surface area contributed by atoms with Crippen LogP contribution < -0.4 is 0 Å². The number of ether oxygens (including phenoxy) is 1. The molecule has 1 amide bonds. The van der Waals surface area contributed by atoms with Gasteiger partial charge in [-0.15, -0.1) is 6.58 Å². The van der Waals surface area contributed by atoms with E-state index in [1.807, 2.05) is 0 Å². The molecular formula is C18H19F2NO3. The Kier molecular flexibility index (Phi) is 5.84. The van der Waals surface area contributed by atoms with Crippen molar-refractivity contribution in [2.24, 2.45) is 0 Å². The van der Waals surface area contributed by atoms with Crippen LogP contribution in [0.15, 0.2) is 43.0 Å². The number of carbonyl (C=O) groups is 2. The van der Waals surface area contributed by atoms with Gasteiger partial charge in [-0.2, -0.15) is 0 Å². The molecule has 1 saturated heterocycles. The van der Waals surface area contributed by atoms with Crippen LogP contribution >= 0.6 is 0 Å². The first-order valence-corrected chi connectivity index (χ1v) is 7.61. The van der Waals surface area contributed by atoms with Crippen LogP contribution in [0.4, 0.5) is 8.78 Å². The van der Waals surface area contributed by atoms with E-state index in [-0.39, 0.29) is 24.4 Å². The Balaban J connectivity index is 2.31. The predicted octanol–water partition coefficient (Wildman–Crippen LogP) is 3.30. The van der Waals surface area contributed by atoms with Crippen molar-refractivity contribution < 1.29 is 23.1 Å². The topological polar surface area (TPSA) is 46.6 Å². The van der Waals surface area contributed by atoms with E-state index in [2.05, 4.69) is 11.3 Å². The highest BCUT2D eigenvalue weighted by molar-refractivity contribution is 5.82. The summed E-state index contributed by atoms with van der Waals surface area (Å²) in [6.07, 6.45) is 5.69. The van der Waals surface area contributed by atoms with Crippen LogP contribution in [0.1, 0.15) is 30.9 Å². The van der Waals surface area contributed by atoms with E-state index < -0.39 is 17.6 Å². The summed E-state index contributed by atoms with van der Waals surface area (Å²) in [4.78, 5) is 25.3. The fourth-order valence-corrected chi connectivity index (χ4v) is 2.92. The fraction of sp³-hybridized carbons (Fsp3) is 0.333. The third-order valence-corrected chi connectivity index (χ3v) is 4.02. The van der Waals surface area contributed by atoms with Crippen molar-refractivity contribution in [1.82, 2.24) is 4.90 Å². The van der Waals surface area contributed by atoms with E-state index in [1.165, 1.54) is 25.3 Å². The van der Waals surface area contributed by atoms with Gasteiger partial charge in [0, 0.05) is 12.5 Å². The number of esters is 1. The van der Waals surface area contributed by atoms with Gasteiger partial charge in [0.2, 0.25) is 5.91 Å². The lowest BCUT2D eigenvalue weighted by Gasteiger charge is -2.29. The third kappa shape index (κ3) is 3.88. The standard InChI is InChI=1S/C18H19F2NO3/c1-3-4-17(22)21-13(7-10-18(23)24-2)6-9-16(21)12-5-8-14(19)15(20)11-12/h3,5,7-8,10-11,13,16H,1,4,6,9H2,2H3/b10-7+/t13-,16+/m1/s1. The number of hydrogen-bond donors (Lipinski definition) is 0. The molecule has 1 aromatic carbocycles. The monoisotopic (exact) mass is 335 g/mol. The zero-order chi connectivity index (χ0) is 17.7. The molecule has 0 saturated carbocycles. The van der Waals surface area contributed by atoms with Crippen molar-refractivity contribution >= 4 is 11.9 Å². The molecule has 1 aromatic rings. The Hall–Kier alpha value is -2.50. The number of rotatable bonds is 5. The average molecular weight is 335 g/mol. The zero-order valence-corrected chi connectivity index (χ0v) is 13.4. The molecule has 0 N–H and O–H groups in total. The molecule has 2 atom stereocenters. The Morgan fingerprint density at radius 3 is 2.71 bits per heavy atom. The summed E-state index contributed by atoms with van der Waals surface area (Å²) in [7, 11) is 1.27. The molecule has 0 bridgehead atoms. The van der Waals surface area contributed by atoms with Gasteiger partial charge >= 0.3 is 5.97 Å². The van der Waals surface area contributed by atoms with Gasteiger partial charge in [-0.3, -0.25) is 4.79 Å². The van der Waals surface area contributed by atoms with Gasteiger partial charge in [0.25, 0.3) is 0 Å². The van der Waals surface area contributed by atoms with Crippen LogP contribution in [0.3, 0.4) is 0 Å². The highest BCUT2D eigenvalue weighted by Gasteiger charge is 2.36. The number of likely N-dealkylation sites (tertiary alicyclic amines) is 1. The predicted molar refractivity (Wildman–Crippen MR) is 84.9 cm³/mol. The Morgan fingerprint density at radius 2 is 2.08 bits per heavy atom. The second kappa shape index (κ2) is 7.86. The summed E-state index contributed by atoms with van der Waals surface area (Å²) >= 11 is 0. The van der Waals surface area contributed by atoms with Gasteiger partial charge in [-0.05, 0) is 30.5 Å². The molecule has 6 heteroatoms. The summed E-state index contributed by atoms with van der Waals surface area (Å²) in [5.74, 6) is -2.57. The second-order valence-electron chi connectivity index (χ2n) is 5.51. The normalized spacial score (nSPS) is 20.4. The first-order valence-electron chi connectivity index (χ1n) is 7.61. The quantitative estimate of drug-likeness (QED) is 0.471. The van der Waals surface area contributed by atoms with E-state index in [1.54, 1.807) is 11.0 Å². The van der Waals surface area contributed by atoms with Crippen molar-refractivity contribution in [3.63, 3.8) is 0 Å². The average Bonchev–Trinajstić information content (AvgIpc) is 2.99. The Bertz CT molecular complexity index is 672. The number of carbonyl (C=O) groups excluding carboxylic acids is 2. The number of amides is 1. The van der Waals surface area contributed by atoms with Gasteiger partial charge in [-0.1, -0.05) is 18.2 Å². The molecule has 1 fully saturated rings. The van der Waals surface area contributed by atoms with Crippen molar-refractivity contribution in [3.8, 4) is 0 Å². The van der Waals surface area contributed by atoms with Crippen LogP contribution in [-0.2, 0) is 14.3 Å². The number of hydrogen-bond acceptors (Lipinski definition) is 3. The number of halogens is 2. The molecule has 0 aromatic heterocycles. The van der Waals surface area contributed by atoms with Crippen molar-refractivity contribution in [1.29, 1.82) is 0 Å². The summed E-state index contributed by atoms with van der Waals surface area (Å²) in [6, 6.07) is 2.96. The molecule has 0 unspecified atom stereocenters. The minimum absolute atomic E-state index is 0.128. The molecule has 4 nitrogen and oxygen atoms in total. The highest BCUT2D eigenvalue weighted by Crippen LogP contribution is 2.37. The van der Waals surface area contributed by atoms with Crippen LogP contribution in [0, 0.1) is 11.6 Å². The lowest BCUT2D eigenvalue weighted by atomic mass is 10.0. The summed E-state index contributed by atoms with van der Waals surface area (Å²) in [5, 5.41) is 0. The van der Waals surface area contributed by atoms with E-state index >= 15 is 0 Å². The maximum atomic E-state index is 13.5. The molecule has 0 spiro atoms. The Labute approximate surface area is 139 Å². The van der Waals surface area contributed by atoms with Gasteiger partial charge in [0.1, 0.15) is 0 Å². The molecule has 0 radical (unpaired) electrons. The highest BCUT2D eigenvalue weighted by atomic mass is 19.2. The SMILES string of the molecule is C=CCC(=O)N1[C@@H](/C=C/C(=O)OC)CC[C@H]1c1ccc(F)c(F)c1. The summed E-state index contributed by atoms with van der Waals surface area (Å²) in [5.41, 5.74) is 0.528. The van der Waals surface area contributed by atoms with Crippen LogP contribution in [0.25, 0.3) is 0 Å². The number of methoxy groups -OCH3 is 1. The van der Waals surface area contributed by atoms with E-state index in [9.17, 15) is 18.4 Å². The van der Waals surface area contributed by atoms with Gasteiger partial charge < -0.3 is 9.64 Å². The first-order chi connectivity index (χ1) is 11.5. The van der Waals surface area contributed by atoms with Crippen molar-refractivity contribution in [2.75, 3.05) is 7.11 Å². The lowest BCUT2D eigenvalue weighted by molar-refractivity contribution is -0.135. The van der Waals surface area contributed by atoms with Crippen LogP contribution in [0.5, 0.6) is 0 Å². The van der Waals surface area contributed by atoms with Gasteiger partial charge in [0.05, 0.1) is 19.2 Å². The fourth-order valence-electron chi connectivity index (χ4n) is 2.92. The van der Waals surface area contributed by atoms with Crippen molar-refractivity contribution in [2.45, 2.75) is 31.3 Å². The molecule has 0 aliphatic carbocycles. The van der Waals surface area contributed by atoms with E-state index in [0.717, 1.165) is 12.1 Å².